The first-order valence-corrected chi connectivity index (χ1v) is 18.1. The lowest BCUT2D eigenvalue weighted by molar-refractivity contribution is -0.135. The smallest absolute Gasteiger partial charge is 0.243 e. The molecule has 0 saturated carbocycles. The molecule has 292 valence electrons. The van der Waals surface area contributed by atoms with Crippen molar-refractivity contribution in [2.24, 2.45) is 29.0 Å². The van der Waals surface area contributed by atoms with Crippen molar-refractivity contribution < 1.29 is 33.9 Å². The SMILES string of the molecule is CC(C)C[C@@H](NC(=O)[C@H](N)CCCCN)C(=O)N[C@@H](C(=O)N[C@H](Cc1ccc(O)cc1)C(=O)N[C@H](Cc1ccccc1)C(=O)N[C@H](C)C(N)=O)C(C)C. The van der Waals surface area contributed by atoms with Crippen molar-refractivity contribution >= 4 is 35.4 Å². The molecule has 15 heteroatoms. The highest BCUT2D eigenvalue weighted by Gasteiger charge is 2.34. The maximum absolute atomic E-state index is 14.0. The van der Waals surface area contributed by atoms with Gasteiger partial charge in [0.15, 0.2) is 0 Å². The maximum atomic E-state index is 14.0. The lowest BCUT2D eigenvalue weighted by Gasteiger charge is -2.29. The Morgan fingerprint density at radius 1 is 0.642 bits per heavy atom. The number of amides is 6. The number of rotatable bonds is 22. The number of carbonyl (C=O) groups is 6. The van der Waals surface area contributed by atoms with E-state index in [4.69, 9.17) is 17.2 Å². The molecule has 12 N–H and O–H groups in total. The molecule has 0 aliphatic heterocycles. The number of nitrogens with two attached hydrogens (primary N) is 3. The van der Waals surface area contributed by atoms with E-state index in [0.29, 0.717) is 31.4 Å². The molecule has 15 nitrogen and oxygen atoms in total. The van der Waals surface area contributed by atoms with Crippen LogP contribution < -0.4 is 43.8 Å². The standard InChI is InChI=1S/C38H58N8O7/c1-22(2)19-29(43-34(49)28(40)13-9-10-18-39)37(52)46-32(23(3)4)38(53)45-31(21-26-14-16-27(47)17-15-26)36(51)44-30(20-25-11-7-6-8-12-25)35(50)42-24(5)33(41)48/h6-8,11-12,14-17,22-24,28-32,47H,9-10,13,18-21,39-40H2,1-5H3,(H2,41,48)(H,42,50)(H,43,49)(H,44,51)(H,45,53)(H,46,52)/t24-,28-,29-,30-,31-,32-/m1/s1. The van der Waals surface area contributed by atoms with Crippen LogP contribution >= 0.6 is 0 Å². The number of unbranched alkanes of at least 4 members (excludes halogenated alkanes) is 1. The molecule has 53 heavy (non-hydrogen) atoms. The number of phenolic OH excluding ortho intramolecular Hbond substituents is 1. The number of nitrogens with one attached hydrogen (secondary N) is 5. The predicted octanol–water partition coefficient (Wildman–Crippen LogP) is 0.265. The van der Waals surface area contributed by atoms with Crippen molar-refractivity contribution in [3.05, 3.63) is 65.7 Å². The van der Waals surface area contributed by atoms with Crippen molar-refractivity contribution in [3.8, 4) is 5.75 Å². The third-order valence-corrected chi connectivity index (χ3v) is 8.60. The quantitative estimate of drug-likeness (QED) is 0.0750. The van der Waals surface area contributed by atoms with E-state index in [9.17, 15) is 33.9 Å². The van der Waals surface area contributed by atoms with Gasteiger partial charge in [-0.25, -0.2) is 0 Å². The zero-order valence-corrected chi connectivity index (χ0v) is 31.4. The van der Waals surface area contributed by atoms with Crippen LogP contribution in [0.3, 0.4) is 0 Å². The molecule has 0 radical (unpaired) electrons. The van der Waals surface area contributed by atoms with Crippen molar-refractivity contribution in [2.75, 3.05) is 6.54 Å². The van der Waals surface area contributed by atoms with Crippen LogP contribution in [-0.2, 0) is 41.6 Å². The highest BCUT2D eigenvalue weighted by Crippen LogP contribution is 2.14. The third kappa shape index (κ3) is 15.6. The monoisotopic (exact) mass is 738 g/mol. The van der Waals surface area contributed by atoms with E-state index in [2.05, 4.69) is 26.6 Å². The van der Waals surface area contributed by atoms with Crippen LogP contribution in [0.5, 0.6) is 5.75 Å². The molecule has 0 spiro atoms. The number of aromatic hydroxyl groups is 1. The Hall–Kier alpha value is -5.02. The number of benzene rings is 2. The summed E-state index contributed by atoms with van der Waals surface area (Å²) in [5, 5.41) is 23.3. The summed E-state index contributed by atoms with van der Waals surface area (Å²) in [5.74, 6) is -4.31. The minimum absolute atomic E-state index is 0.00379. The number of hydrogen-bond donors (Lipinski definition) is 9. The molecule has 6 amide bonds. The molecule has 0 heterocycles. The zero-order chi connectivity index (χ0) is 39.7. The molecule has 0 aliphatic rings. The van der Waals surface area contributed by atoms with E-state index in [1.165, 1.54) is 19.1 Å². The van der Waals surface area contributed by atoms with E-state index >= 15 is 0 Å². The van der Waals surface area contributed by atoms with Crippen LogP contribution in [0.25, 0.3) is 0 Å². The fourth-order valence-electron chi connectivity index (χ4n) is 5.47. The molecule has 0 fully saturated rings. The van der Waals surface area contributed by atoms with Gasteiger partial charge in [0.2, 0.25) is 35.4 Å². The lowest BCUT2D eigenvalue weighted by atomic mass is 9.98. The first kappa shape index (κ1) is 44.1. The molecule has 0 aliphatic carbocycles. The maximum Gasteiger partial charge on any atom is 0.243 e. The summed E-state index contributed by atoms with van der Waals surface area (Å²) in [7, 11) is 0. The average molecular weight is 739 g/mol. The summed E-state index contributed by atoms with van der Waals surface area (Å²) in [5.41, 5.74) is 18.3. The number of hydrogen-bond acceptors (Lipinski definition) is 9. The number of phenols is 1. The van der Waals surface area contributed by atoms with Gasteiger partial charge in [-0.15, -0.1) is 0 Å². The molecule has 6 atom stereocenters. The molecule has 0 bridgehead atoms. The zero-order valence-electron chi connectivity index (χ0n) is 31.4. The van der Waals surface area contributed by atoms with E-state index in [0.717, 1.165) is 5.56 Å². The van der Waals surface area contributed by atoms with Crippen LogP contribution in [-0.4, -0.2) is 83.3 Å². The number of primary amides is 1. The van der Waals surface area contributed by atoms with Gasteiger partial charge in [0.05, 0.1) is 6.04 Å². The first-order chi connectivity index (χ1) is 25.0. The van der Waals surface area contributed by atoms with Gasteiger partial charge in [0, 0.05) is 12.8 Å². The van der Waals surface area contributed by atoms with Crippen molar-refractivity contribution in [3.63, 3.8) is 0 Å². The Labute approximate surface area is 312 Å². The fourth-order valence-corrected chi connectivity index (χ4v) is 5.47. The van der Waals surface area contributed by atoms with E-state index < -0.39 is 77.6 Å². The van der Waals surface area contributed by atoms with Gasteiger partial charge in [-0.05, 0) is 67.8 Å². The topological polar surface area (TPSA) is 261 Å². The average Bonchev–Trinajstić information content (AvgIpc) is 3.10. The minimum atomic E-state index is -1.25. The lowest BCUT2D eigenvalue weighted by Crippen LogP contribution is -2.61. The molecule has 2 rings (SSSR count). The number of carbonyl (C=O) groups excluding carboxylic acids is 6. The summed E-state index contributed by atoms with van der Waals surface area (Å²) in [6.07, 6.45) is 2.08. The van der Waals surface area contributed by atoms with Gasteiger partial charge in [0.1, 0.15) is 36.0 Å². The van der Waals surface area contributed by atoms with Gasteiger partial charge in [-0.1, -0.05) is 76.6 Å². The molecular formula is C38H58N8O7. The molecule has 0 saturated heterocycles. The molecule has 0 unspecified atom stereocenters. The third-order valence-electron chi connectivity index (χ3n) is 8.60. The Balaban J connectivity index is 2.36. The van der Waals surface area contributed by atoms with Crippen LogP contribution in [0.4, 0.5) is 0 Å². The van der Waals surface area contributed by atoms with Gasteiger partial charge >= 0.3 is 0 Å². The summed E-state index contributed by atoms with van der Waals surface area (Å²) < 4.78 is 0. The fraction of sp³-hybridized carbons (Fsp3) is 0.526. The predicted molar refractivity (Wildman–Crippen MR) is 202 cm³/mol. The van der Waals surface area contributed by atoms with E-state index in [1.807, 2.05) is 13.8 Å². The van der Waals surface area contributed by atoms with Crippen molar-refractivity contribution in [2.45, 2.75) is 109 Å². The second-order valence-corrected chi connectivity index (χ2v) is 14.1. The molecule has 2 aromatic rings. The van der Waals surface area contributed by atoms with Gasteiger partial charge in [0.25, 0.3) is 0 Å². The second kappa shape index (κ2) is 22.1. The Kier molecular flexibility index (Phi) is 18.4. The van der Waals surface area contributed by atoms with Crippen LogP contribution in [0.15, 0.2) is 54.6 Å². The van der Waals surface area contributed by atoms with Crippen molar-refractivity contribution in [1.29, 1.82) is 0 Å². The van der Waals surface area contributed by atoms with Gasteiger partial charge in [-0.2, -0.15) is 0 Å². The Morgan fingerprint density at radius 3 is 1.68 bits per heavy atom. The Morgan fingerprint density at radius 2 is 1.15 bits per heavy atom. The molecule has 0 aromatic heterocycles. The van der Waals surface area contributed by atoms with Gasteiger partial charge in [-0.3, -0.25) is 28.8 Å². The minimum Gasteiger partial charge on any atom is -0.508 e. The normalized spacial score (nSPS) is 14.6. The summed E-state index contributed by atoms with van der Waals surface area (Å²) in [6, 6.07) is 8.61. The summed E-state index contributed by atoms with van der Waals surface area (Å²) >= 11 is 0. The molecule has 2 aromatic carbocycles. The van der Waals surface area contributed by atoms with Crippen LogP contribution in [0, 0.1) is 11.8 Å². The second-order valence-electron chi connectivity index (χ2n) is 14.1. The summed E-state index contributed by atoms with van der Waals surface area (Å²) in [4.78, 5) is 79.5. The van der Waals surface area contributed by atoms with Crippen molar-refractivity contribution in [1.82, 2.24) is 26.6 Å². The molecular weight excluding hydrogens is 680 g/mol. The summed E-state index contributed by atoms with van der Waals surface area (Å²) in [6.45, 7) is 9.14. The largest absolute Gasteiger partial charge is 0.508 e. The van der Waals surface area contributed by atoms with Crippen LogP contribution in [0.1, 0.15) is 71.4 Å². The highest BCUT2D eigenvalue weighted by atomic mass is 16.3. The van der Waals surface area contributed by atoms with E-state index in [1.54, 1.807) is 56.3 Å². The first-order valence-electron chi connectivity index (χ1n) is 18.1. The highest BCUT2D eigenvalue weighted by molar-refractivity contribution is 5.96. The van der Waals surface area contributed by atoms with Crippen LogP contribution in [0.2, 0.25) is 0 Å². The van der Waals surface area contributed by atoms with Gasteiger partial charge < -0.3 is 48.9 Å². The Bertz CT molecular complexity index is 1500. The van der Waals surface area contributed by atoms with E-state index in [-0.39, 0.29) is 30.9 Å².